The minimum absolute atomic E-state index is 0.0118. The molecule has 18 heavy (non-hydrogen) atoms. The van der Waals surface area contributed by atoms with Gasteiger partial charge in [-0.2, -0.15) is 0 Å². The highest BCUT2D eigenvalue weighted by Crippen LogP contribution is 2.15. The molecule has 3 heteroatoms. The molecule has 0 aromatic heterocycles. The summed E-state index contributed by atoms with van der Waals surface area (Å²) in [6.45, 7) is 0. The van der Waals surface area contributed by atoms with Gasteiger partial charge in [-0.1, -0.05) is 48.6 Å². The van der Waals surface area contributed by atoms with Gasteiger partial charge in [-0.3, -0.25) is 4.79 Å². The Morgan fingerprint density at radius 1 is 1.22 bits per heavy atom. The molecule has 0 amide bonds. The van der Waals surface area contributed by atoms with Crippen molar-refractivity contribution in [2.24, 2.45) is 11.5 Å². The average Bonchev–Trinajstić information content (AvgIpc) is 2.38. The maximum atomic E-state index is 11.8. The Balaban J connectivity index is 2.03. The lowest BCUT2D eigenvalue weighted by Crippen LogP contribution is -2.47. The van der Waals surface area contributed by atoms with Crippen LogP contribution in [0.2, 0.25) is 0 Å². The van der Waals surface area contributed by atoms with Gasteiger partial charge in [0.05, 0.1) is 5.66 Å². The van der Waals surface area contributed by atoms with Crippen LogP contribution in [0.4, 0.5) is 0 Å². The first kappa shape index (κ1) is 12.5. The molecule has 1 aliphatic rings. The third-order valence-corrected chi connectivity index (χ3v) is 2.76. The summed E-state index contributed by atoms with van der Waals surface area (Å²) in [5, 5.41) is 0. The Morgan fingerprint density at radius 2 is 1.94 bits per heavy atom. The molecule has 0 fully saturated rings. The van der Waals surface area contributed by atoms with Crippen molar-refractivity contribution in [1.82, 2.24) is 0 Å². The summed E-state index contributed by atoms with van der Waals surface area (Å²) in [5.74, 6) is -0.0118. The summed E-state index contributed by atoms with van der Waals surface area (Å²) in [6, 6.07) is 9.16. The number of hydrogen-bond acceptors (Lipinski definition) is 3. The molecule has 1 aromatic rings. The van der Waals surface area contributed by atoms with Crippen LogP contribution >= 0.6 is 0 Å². The molecule has 0 bridgehead atoms. The van der Waals surface area contributed by atoms with E-state index in [2.05, 4.69) is 0 Å². The molecule has 2 rings (SSSR count). The molecule has 0 unspecified atom stereocenters. The summed E-state index contributed by atoms with van der Waals surface area (Å²) in [6.07, 6.45) is 9.42. The molecule has 92 valence electrons. The van der Waals surface area contributed by atoms with Crippen molar-refractivity contribution < 1.29 is 4.79 Å². The Hall–Kier alpha value is -1.97. The van der Waals surface area contributed by atoms with E-state index >= 15 is 0 Å². The first-order chi connectivity index (χ1) is 8.57. The number of carbonyl (C=O) groups is 1. The molecule has 0 saturated carbocycles. The van der Waals surface area contributed by atoms with Crippen molar-refractivity contribution in [2.45, 2.75) is 12.1 Å². The number of ketones is 1. The van der Waals surface area contributed by atoms with E-state index in [1.807, 2.05) is 30.4 Å². The first-order valence-corrected chi connectivity index (χ1v) is 5.81. The Morgan fingerprint density at radius 3 is 2.56 bits per heavy atom. The molecule has 0 atom stereocenters. The lowest BCUT2D eigenvalue weighted by atomic mass is 9.98. The molecule has 1 aliphatic carbocycles. The zero-order chi connectivity index (χ0) is 13.0. The van der Waals surface area contributed by atoms with Gasteiger partial charge in [0.25, 0.3) is 0 Å². The van der Waals surface area contributed by atoms with E-state index in [4.69, 9.17) is 11.5 Å². The van der Waals surface area contributed by atoms with E-state index in [1.54, 1.807) is 30.4 Å². The third-order valence-electron chi connectivity index (χ3n) is 2.76. The summed E-state index contributed by atoms with van der Waals surface area (Å²) >= 11 is 0. The van der Waals surface area contributed by atoms with Gasteiger partial charge in [-0.15, -0.1) is 0 Å². The number of benzene rings is 1. The topological polar surface area (TPSA) is 69.1 Å². The lowest BCUT2D eigenvalue weighted by molar-refractivity contribution is 0.104. The minimum Gasteiger partial charge on any atom is -0.310 e. The Bertz CT molecular complexity index is 525. The maximum Gasteiger partial charge on any atom is 0.185 e. The van der Waals surface area contributed by atoms with Crippen molar-refractivity contribution in [3.8, 4) is 0 Å². The van der Waals surface area contributed by atoms with E-state index in [1.165, 1.54) is 0 Å². The van der Waals surface area contributed by atoms with E-state index < -0.39 is 5.66 Å². The number of allylic oxidation sites excluding steroid dienone is 4. The smallest absolute Gasteiger partial charge is 0.185 e. The summed E-state index contributed by atoms with van der Waals surface area (Å²) in [4.78, 5) is 11.8. The van der Waals surface area contributed by atoms with E-state index in [0.29, 0.717) is 12.0 Å². The van der Waals surface area contributed by atoms with Gasteiger partial charge in [-0.05, 0) is 17.7 Å². The van der Waals surface area contributed by atoms with Crippen LogP contribution in [0.5, 0.6) is 0 Å². The van der Waals surface area contributed by atoms with Crippen molar-refractivity contribution in [2.75, 3.05) is 0 Å². The lowest BCUT2D eigenvalue weighted by Gasteiger charge is -2.21. The number of hydrogen-bond donors (Lipinski definition) is 2. The van der Waals surface area contributed by atoms with Gasteiger partial charge in [0.2, 0.25) is 0 Å². The second kappa shape index (κ2) is 5.12. The molecular weight excluding hydrogens is 224 g/mol. The van der Waals surface area contributed by atoms with Crippen molar-refractivity contribution in [3.63, 3.8) is 0 Å². The predicted octanol–water partition coefficient (Wildman–Crippen LogP) is 1.93. The molecular formula is C15H16N2O. The highest BCUT2D eigenvalue weighted by molar-refractivity contribution is 6.04. The molecule has 0 heterocycles. The van der Waals surface area contributed by atoms with Crippen LogP contribution in [0.15, 0.2) is 66.3 Å². The van der Waals surface area contributed by atoms with Crippen LogP contribution in [0.3, 0.4) is 0 Å². The Labute approximate surface area is 106 Å². The first-order valence-electron chi connectivity index (χ1n) is 5.81. The molecule has 1 aromatic carbocycles. The zero-order valence-corrected chi connectivity index (χ0v) is 10.0. The van der Waals surface area contributed by atoms with Gasteiger partial charge in [0.15, 0.2) is 5.78 Å². The zero-order valence-electron chi connectivity index (χ0n) is 10.0. The third kappa shape index (κ3) is 3.26. The average molecular weight is 240 g/mol. The number of nitrogens with two attached hydrogens (primary N) is 2. The maximum absolute atomic E-state index is 11.8. The van der Waals surface area contributed by atoms with Gasteiger partial charge in [0, 0.05) is 12.0 Å². The largest absolute Gasteiger partial charge is 0.310 e. The van der Waals surface area contributed by atoms with Gasteiger partial charge >= 0.3 is 0 Å². The van der Waals surface area contributed by atoms with Crippen LogP contribution in [-0.4, -0.2) is 11.4 Å². The second-order valence-corrected chi connectivity index (χ2v) is 4.42. The molecule has 3 nitrogen and oxygen atoms in total. The number of carbonyl (C=O) groups excluding carboxylic acids is 1. The minimum atomic E-state index is -0.763. The SMILES string of the molecule is NC1(N)C=CC(/C=C/C(=O)c2ccccc2)=CC1. The van der Waals surface area contributed by atoms with E-state index in [-0.39, 0.29) is 5.78 Å². The fourth-order valence-electron chi connectivity index (χ4n) is 1.68. The predicted molar refractivity (Wildman–Crippen MR) is 72.9 cm³/mol. The standard InChI is InChI=1S/C15H16N2O/c16-15(17)10-8-12(9-11-15)6-7-14(18)13-4-2-1-3-5-13/h1-10H,11,16-17H2/b7-6+. The fourth-order valence-corrected chi connectivity index (χ4v) is 1.68. The van der Waals surface area contributed by atoms with Crippen LogP contribution in [-0.2, 0) is 0 Å². The van der Waals surface area contributed by atoms with Gasteiger partial charge in [-0.25, -0.2) is 0 Å². The molecule has 0 aliphatic heterocycles. The van der Waals surface area contributed by atoms with Crippen molar-refractivity contribution in [3.05, 3.63) is 71.8 Å². The highest BCUT2D eigenvalue weighted by Gasteiger charge is 2.15. The van der Waals surface area contributed by atoms with Crippen LogP contribution in [0.1, 0.15) is 16.8 Å². The van der Waals surface area contributed by atoms with E-state index in [9.17, 15) is 4.79 Å². The number of rotatable bonds is 3. The quantitative estimate of drug-likeness (QED) is 0.482. The van der Waals surface area contributed by atoms with Gasteiger partial charge < -0.3 is 11.5 Å². The van der Waals surface area contributed by atoms with E-state index in [0.717, 1.165) is 5.57 Å². The fraction of sp³-hybridized carbons (Fsp3) is 0.133. The summed E-state index contributed by atoms with van der Waals surface area (Å²) in [7, 11) is 0. The van der Waals surface area contributed by atoms with Crippen molar-refractivity contribution in [1.29, 1.82) is 0 Å². The van der Waals surface area contributed by atoms with Crippen molar-refractivity contribution >= 4 is 5.78 Å². The van der Waals surface area contributed by atoms with Crippen LogP contribution in [0, 0.1) is 0 Å². The van der Waals surface area contributed by atoms with Crippen LogP contribution in [0.25, 0.3) is 0 Å². The summed E-state index contributed by atoms with van der Waals surface area (Å²) in [5.41, 5.74) is 12.4. The van der Waals surface area contributed by atoms with Gasteiger partial charge in [0.1, 0.15) is 0 Å². The monoisotopic (exact) mass is 240 g/mol. The molecule has 0 radical (unpaired) electrons. The normalized spacial score (nSPS) is 17.8. The van der Waals surface area contributed by atoms with Crippen LogP contribution < -0.4 is 11.5 Å². The summed E-state index contributed by atoms with van der Waals surface area (Å²) < 4.78 is 0. The molecule has 0 spiro atoms. The Kier molecular flexibility index (Phi) is 3.55. The highest BCUT2D eigenvalue weighted by atomic mass is 16.1. The molecule has 4 N–H and O–H groups in total. The molecule has 0 saturated heterocycles. The second-order valence-electron chi connectivity index (χ2n) is 4.42.